The summed E-state index contributed by atoms with van der Waals surface area (Å²) in [6.45, 7) is 11.4. The molecule has 24 heavy (non-hydrogen) atoms. The van der Waals surface area contributed by atoms with Crippen LogP contribution in [-0.4, -0.2) is 54.2 Å². The predicted molar refractivity (Wildman–Crippen MR) is 89.4 cm³/mol. The molecule has 7 heteroatoms. The third-order valence-corrected chi connectivity index (χ3v) is 3.88. The van der Waals surface area contributed by atoms with Gasteiger partial charge < -0.3 is 19.7 Å². The molecule has 1 fully saturated rings. The van der Waals surface area contributed by atoms with Crippen molar-refractivity contribution >= 4 is 18.0 Å². The van der Waals surface area contributed by atoms with Crippen LogP contribution in [0.5, 0.6) is 0 Å². The first-order valence-corrected chi connectivity index (χ1v) is 8.20. The highest BCUT2D eigenvalue weighted by Crippen LogP contribution is 2.27. The Kier molecular flexibility index (Phi) is 5.90. The summed E-state index contributed by atoms with van der Waals surface area (Å²) in [5.41, 5.74) is -2.30. The molecule has 1 rings (SSSR count). The van der Waals surface area contributed by atoms with Crippen molar-refractivity contribution in [2.24, 2.45) is 5.41 Å². The molecule has 0 radical (unpaired) electrons. The largest absolute Gasteiger partial charge is 0.467 e. The molecule has 0 unspecified atom stereocenters. The number of piperidine rings is 1. The van der Waals surface area contributed by atoms with Gasteiger partial charge in [0.05, 0.1) is 7.11 Å². The molecule has 1 aliphatic heterocycles. The van der Waals surface area contributed by atoms with E-state index in [4.69, 9.17) is 9.47 Å². The van der Waals surface area contributed by atoms with Crippen LogP contribution in [-0.2, 0) is 19.1 Å². The van der Waals surface area contributed by atoms with Gasteiger partial charge >= 0.3 is 12.1 Å². The Hall–Kier alpha value is -1.79. The second kappa shape index (κ2) is 6.99. The third kappa shape index (κ3) is 5.11. The number of methoxy groups -OCH3 is 1. The van der Waals surface area contributed by atoms with Gasteiger partial charge in [-0.15, -0.1) is 0 Å². The highest BCUT2D eigenvalue weighted by molar-refractivity contribution is 5.90. The van der Waals surface area contributed by atoms with E-state index in [-0.39, 0.29) is 5.91 Å². The van der Waals surface area contributed by atoms with Crippen LogP contribution in [0.1, 0.15) is 54.4 Å². The molecule has 1 N–H and O–H groups in total. The minimum atomic E-state index is -1.10. The number of hydrogen-bond acceptors (Lipinski definition) is 5. The quantitative estimate of drug-likeness (QED) is 0.777. The number of likely N-dealkylation sites (tertiary alicyclic amines) is 1. The lowest BCUT2D eigenvalue weighted by Crippen LogP contribution is -2.62. The molecule has 1 heterocycles. The molecule has 1 saturated heterocycles. The Morgan fingerprint density at radius 1 is 1.00 bits per heavy atom. The molecule has 0 aliphatic carbocycles. The van der Waals surface area contributed by atoms with E-state index < -0.39 is 28.6 Å². The molecule has 0 aromatic rings. The van der Waals surface area contributed by atoms with Crippen molar-refractivity contribution < 1.29 is 23.9 Å². The Morgan fingerprint density at radius 3 is 1.88 bits per heavy atom. The molecule has 7 nitrogen and oxygen atoms in total. The number of ether oxygens (including phenoxy) is 2. The van der Waals surface area contributed by atoms with Gasteiger partial charge in [0.15, 0.2) is 0 Å². The summed E-state index contributed by atoms with van der Waals surface area (Å²) < 4.78 is 10.2. The monoisotopic (exact) mass is 342 g/mol. The van der Waals surface area contributed by atoms with Gasteiger partial charge in [-0.25, -0.2) is 9.59 Å². The maximum absolute atomic E-state index is 12.3. The van der Waals surface area contributed by atoms with Crippen molar-refractivity contribution in [2.75, 3.05) is 20.2 Å². The average molecular weight is 342 g/mol. The number of carbonyl (C=O) groups is 3. The molecule has 0 saturated carbocycles. The Morgan fingerprint density at radius 2 is 1.50 bits per heavy atom. The zero-order valence-corrected chi connectivity index (χ0v) is 15.8. The van der Waals surface area contributed by atoms with E-state index in [0.29, 0.717) is 25.9 Å². The van der Waals surface area contributed by atoms with Crippen molar-refractivity contribution in [1.29, 1.82) is 0 Å². The summed E-state index contributed by atoms with van der Waals surface area (Å²) in [4.78, 5) is 38.3. The van der Waals surface area contributed by atoms with Crippen LogP contribution in [0, 0.1) is 5.41 Å². The zero-order valence-electron chi connectivity index (χ0n) is 15.8. The Labute approximate surface area is 144 Å². The van der Waals surface area contributed by atoms with Crippen LogP contribution in [0.25, 0.3) is 0 Å². The maximum atomic E-state index is 12.3. The third-order valence-electron chi connectivity index (χ3n) is 3.88. The number of esters is 1. The molecular weight excluding hydrogens is 312 g/mol. The van der Waals surface area contributed by atoms with Gasteiger partial charge in [0.1, 0.15) is 11.1 Å². The summed E-state index contributed by atoms with van der Waals surface area (Å²) in [6.07, 6.45) is 0.171. The smallest absolute Gasteiger partial charge is 0.410 e. The van der Waals surface area contributed by atoms with Crippen molar-refractivity contribution in [3.05, 3.63) is 0 Å². The van der Waals surface area contributed by atoms with E-state index in [2.05, 4.69) is 5.32 Å². The van der Waals surface area contributed by atoms with Gasteiger partial charge in [-0.05, 0) is 33.6 Å². The van der Waals surface area contributed by atoms with Crippen LogP contribution >= 0.6 is 0 Å². The lowest BCUT2D eigenvalue weighted by atomic mass is 9.85. The maximum Gasteiger partial charge on any atom is 0.410 e. The normalized spacial score (nSPS) is 17.9. The lowest BCUT2D eigenvalue weighted by molar-refractivity contribution is -0.154. The average Bonchev–Trinajstić information content (AvgIpc) is 2.44. The Bertz CT molecular complexity index is 494. The number of hydrogen-bond donors (Lipinski definition) is 1. The van der Waals surface area contributed by atoms with Gasteiger partial charge in [-0.3, -0.25) is 4.79 Å². The van der Waals surface area contributed by atoms with Crippen LogP contribution in [0.4, 0.5) is 4.79 Å². The van der Waals surface area contributed by atoms with Crippen molar-refractivity contribution in [2.45, 2.75) is 65.5 Å². The van der Waals surface area contributed by atoms with Crippen molar-refractivity contribution in [1.82, 2.24) is 10.2 Å². The summed E-state index contributed by atoms with van der Waals surface area (Å²) in [6, 6.07) is 0. The fourth-order valence-corrected chi connectivity index (χ4v) is 2.38. The number of rotatable bonds is 2. The van der Waals surface area contributed by atoms with Gasteiger partial charge in [0.2, 0.25) is 5.91 Å². The first kappa shape index (κ1) is 20.3. The molecular formula is C17H30N2O5. The summed E-state index contributed by atoms with van der Waals surface area (Å²) in [5, 5.41) is 2.84. The first-order chi connectivity index (χ1) is 10.8. The second-order valence-electron chi connectivity index (χ2n) is 8.25. The minimum absolute atomic E-state index is 0.224. The topological polar surface area (TPSA) is 84.9 Å². The van der Waals surface area contributed by atoms with E-state index in [9.17, 15) is 14.4 Å². The van der Waals surface area contributed by atoms with Crippen LogP contribution < -0.4 is 5.32 Å². The van der Waals surface area contributed by atoms with Crippen LogP contribution in [0.15, 0.2) is 0 Å². The zero-order chi connectivity index (χ0) is 18.8. The number of nitrogens with zero attached hydrogens (tertiary/aromatic N) is 1. The number of nitrogens with one attached hydrogen (secondary N) is 1. The molecule has 2 amide bonds. The standard InChI is InChI=1S/C17H30N2O5/c1-15(2,3)12(20)18-17(13(21)23-7)8-10-19(11-9-17)14(22)24-16(4,5)6/h8-11H2,1-7H3,(H,18,20). The van der Waals surface area contributed by atoms with Crippen molar-refractivity contribution in [3.8, 4) is 0 Å². The van der Waals surface area contributed by atoms with E-state index in [1.807, 2.05) is 0 Å². The molecule has 0 spiro atoms. The second-order valence-corrected chi connectivity index (χ2v) is 8.25. The SMILES string of the molecule is COC(=O)C1(NC(=O)C(C)(C)C)CCN(C(=O)OC(C)(C)C)CC1. The molecule has 1 aliphatic rings. The molecule has 138 valence electrons. The van der Waals surface area contributed by atoms with E-state index >= 15 is 0 Å². The van der Waals surface area contributed by atoms with Crippen LogP contribution in [0.3, 0.4) is 0 Å². The molecule has 0 bridgehead atoms. The summed E-state index contributed by atoms with van der Waals surface area (Å²) in [7, 11) is 1.30. The highest BCUT2D eigenvalue weighted by Gasteiger charge is 2.46. The summed E-state index contributed by atoms with van der Waals surface area (Å²) in [5.74, 6) is -0.706. The van der Waals surface area contributed by atoms with Crippen LogP contribution in [0.2, 0.25) is 0 Å². The van der Waals surface area contributed by atoms with Gasteiger partial charge in [-0.2, -0.15) is 0 Å². The minimum Gasteiger partial charge on any atom is -0.467 e. The fourth-order valence-electron chi connectivity index (χ4n) is 2.38. The van der Waals surface area contributed by atoms with Gasteiger partial charge in [0, 0.05) is 18.5 Å². The Balaban J connectivity index is 2.84. The van der Waals surface area contributed by atoms with Gasteiger partial charge in [0.25, 0.3) is 0 Å². The summed E-state index contributed by atoms with van der Waals surface area (Å²) >= 11 is 0. The van der Waals surface area contributed by atoms with E-state index in [0.717, 1.165) is 0 Å². The molecule has 0 aromatic carbocycles. The fraction of sp³-hybridized carbons (Fsp3) is 0.824. The number of carbonyl (C=O) groups excluding carboxylic acids is 3. The predicted octanol–water partition coefficient (Wildman–Crippen LogP) is 2.09. The van der Waals surface area contributed by atoms with E-state index in [1.54, 1.807) is 46.4 Å². The molecule has 0 atom stereocenters. The number of amides is 2. The highest BCUT2D eigenvalue weighted by atomic mass is 16.6. The van der Waals surface area contributed by atoms with E-state index in [1.165, 1.54) is 7.11 Å². The lowest BCUT2D eigenvalue weighted by Gasteiger charge is -2.41. The van der Waals surface area contributed by atoms with Crippen molar-refractivity contribution in [3.63, 3.8) is 0 Å². The first-order valence-electron chi connectivity index (χ1n) is 8.20. The molecule has 0 aromatic heterocycles. The van der Waals surface area contributed by atoms with Gasteiger partial charge in [-0.1, -0.05) is 20.8 Å².